The first-order valence-corrected chi connectivity index (χ1v) is 8.87. The van der Waals surface area contributed by atoms with E-state index in [9.17, 15) is 9.59 Å². The molecule has 0 unspecified atom stereocenters. The maximum absolute atomic E-state index is 12.7. The highest BCUT2D eigenvalue weighted by atomic mass is 16.5. The average Bonchev–Trinajstić information content (AvgIpc) is 2.59. The van der Waals surface area contributed by atoms with E-state index in [4.69, 9.17) is 9.47 Å². The van der Waals surface area contributed by atoms with Gasteiger partial charge in [0.1, 0.15) is 0 Å². The van der Waals surface area contributed by atoms with Crippen molar-refractivity contribution in [2.45, 2.75) is 46.6 Å². The van der Waals surface area contributed by atoms with Crippen molar-refractivity contribution < 1.29 is 19.1 Å². The molecule has 138 valence electrons. The molecule has 6 heteroatoms. The molecule has 2 N–H and O–H groups in total. The minimum absolute atomic E-state index is 0.00573. The SMILES string of the molecule is CCOc1ccc([C@H](C)NC(=O)[C@@]2(C)CCC(=O)NC2)cc1OCC. The number of ether oxygens (including phenoxy) is 2. The van der Waals surface area contributed by atoms with Gasteiger partial charge in [0, 0.05) is 13.0 Å². The van der Waals surface area contributed by atoms with Gasteiger partial charge in [-0.1, -0.05) is 6.07 Å². The molecule has 2 amide bonds. The van der Waals surface area contributed by atoms with Crippen molar-refractivity contribution >= 4 is 11.8 Å². The Labute approximate surface area is 149 Å². The third-order valence-electron chi connectivity index (χ3n) is 4.54. The van der Waals surface area contributed by atoms with Gasteiger partial charge in [-0.15, -0.1) is 0 Å². The van der Waals surface area contributed by atoms with Crippen LogP contribution in [0.5, 0.6) is 11.5 Å². The molecule has 25 heavy (non-hydrogen) atoms. The predicted octanol–water partition coefficient (Wildman–Crippen LogP) is 2.58. The number of nitrogens with one attached hydrogen (secondary N) is 2. The van der Waals surface area contributed by atoms with Gasteiger partial charge in [-0.2, -0.15) is 0 Å². The minimum atomic E-state index is -0.573. The van der Waals surface area contributed by atoms with E-state index < -0.39 is 5.41 Å². The molecule has 2 rings (SSSR count). The van der Waals surface area contributed by atoms with E-state index in [2.05, 4.69) is 10.6 Å². The van der Waals surface area contributed by atoms with Gasteiger partial charge in [-0.3, -0.25) is 9.59 Å². The quantitative estimate of drug-likeness (QED) is 0.794. The van der Waals surface area contributed by atoms with Crippen LogP contribution in [0.3, 0.4) is 0 Å². The third kappa shape index (κ3) is 4.65. The molecular formula is C19H28N2O4. The second-order valence-corrected chi connectivity index (χ2v) is 6.60. The number of carbonyl (C=O) groups excluding carboxylic acids is 2. The Bertz CT molecular complexity index is 620. The Morgan fingerprint density at radius 3 is 2.56 bits per heavy atom. The van der Waals surface area contributed by atoms with Gasteiger partial charge in [-0.25, -0.2) is 0 Å². The van der Waals surface area contributed by atoms with Crippen molar-refractivity contribution in [1.82, 2.24) is 10.6 Å². The number of carbonyl (C=O) groups is 2. The van der Waals surface area contributed by atoms with Crippen LogP contribution in [0.1, 0.15) is 52.1 Å². The molecule has 0 aromatic heterocycles. The lowest BCUT2D eigenvalue weighted by Gasteiger charge is -2.33. The number of amides is 2. The summed E-state index contributed by atoms with van der Waals surface area (Å²) in [7, 11) is 0. The third-order valence-corrected chi connectivity index (χ3v) is 4.54. The lowest BCUT2D eigenvalue weighted by atomic mass is 9.81. The monoisotopic (exact) mass is 348 g/mol. The molecule has 0 bridgehead atoms. The largest absolute Gasteiger partial charge is 0.490 e. The summed E-state index contributed by atoms with van der Waals surface area (Å²) in [5.41, 5.74) is 0.375. The Morgan fingerprint density at radius 2 is 1.96 bits per heavy atom. The van der Waals surface area contributed by atoms with Crippen LogP contribution in [0.4, 0.5) is 0 Å². The summed E-state index contributed by atoms with van der Waals surface area (Å²) >= 11 is 0. The fourth-order valence-corrected chi connectivity index (χ4v) is 2.84. The molecular weight excluding hydrogens is 320 g/mol. The van der Waals surface area contributed by atoms with Crippen molar-refractivity contribution in [3.05, 3.63) is 23.8 Å². The van der Waals surface area contributed by atoms with Crippen LogP contribution in [0, 0.1) is 5.41 Å². The average molecular weight is 348 g/mol. The maximum Gasteiger partial charge on any atom is 0.228 e. The molecule has 0 spiro atoms. The lowest BCUT2D eigenvalue weighted by Crippen LogP contribution is -2.50. The Hall–Kier alpha value is -2.24. The molecule has 6 nitrogen and oxygen atoms in total. The second kappa shape index (κ2) is 8.23. The van der Waals surface area contributed by atoms with Gasteiger partial charge in [0.05, 0.1) is 24.7 Å². The zero-order valence-electron chi connectivity index (χ0n) is 15.5. The molecule has 0 saturated carbocycles. The van der Waals surface area contributed by atoms with Crippen LogP contribution >= 0.6 is 0 Å². The van der Waals surface area contributed by atoms with Crippen LogP contribution in [-0.4, -0.2) is 31.6 Å². The summed E-state index contributed by atoms with van der Waals surface area (Å²) in [4.78, 5) is 24.0. The molecule has 1 aromatic rings. The molecule has 1 aliphatic heterocycles. The number of benzene rings is 1. The Morgan fingerprint density at radius 1 is 1.28 bits per heavy atom. The number of rotatable bonds is 7. The van der Waals surface area contributed by atoms with E-state index >= 15 is 0 Å². The van der Waals surface area contributed by atoms with E-state index in [1.165, 1.54) is 0 Å². The first-order valence-electron chi connectivity index (χ1n) is 8.87. The van der Waals surface area contributed by atoms with Gasteiger partial charge in [0.15, 0.2) is 11.5 Å². The van der Waals surface area contributed by atoms with Gasteiger partial charge in [0.2, 0.25) is 11.8 Å². The smallest absolute Gasteiger partial charge is 0.228 e. The molecule has 1 heterocycles. The van der Waals surface area contributed by atoms with E-state index in [0.29, 0.717) is 44.1 Å². The lowest BCUT2D eigenvalue weighted by molar-refractivity contribution is -0.135. The molecule has 1 saturated heterocycles. The number of piperidine rings is 1. The topological polar surface area (TPSA) is 76.7 Å². The molecule has 1 aromatic carbocycles. The van der Waals surface area contributed by atoms with E-state index in [1.54, 1.807) is 0 Å². The highest BCUT2D eigenvalue weighted by molar-refractivity contribution is 5.86. The first-order chi connectivity index (χ1) is 11.9. The Balaban J connectivity index is 2.09. The van der Waals surface area contributed by atoms with Crippen LogP contribution in [0.15, 0.2) is 18.2 Å². The van der Waals surface area contributed by atoms with E-state index in [-0.39, 0.29) is 17.9 Å². The molecule has 1 fully saturated rings. The van der Waals surface area contributed by atoms with Crippen molar-refractivity contribution in [3.63, 3.8) is 0 Å². The van der Waals surface area contributed by atoms with Gasteiger partial charge < -0.3 is 20.1 Å². The standard InChI is InChI=1S/C19H28N2O4/c1-5-24-15-8-7-14(11-16(15)25-6-2)13(3)21-18(23)19(4)10-9-17(22)20-12-19/h7-8,11,13H,5-6,9-10,12H2,1-4H3,(H,20,22)(H,21,23)/t13-,19-/m0/s1. The van der Waals surface area contributed by atoms with Gasteiger partial charge >= 0.3 is 0 Å². The highest BCUT2D eigenvalue weighted by Gasteiger charge is 2.37. The molecule has 2 atom stereocenters. The minimum Gasteiger partial charge on any atom is -0.490 e. The van der Waals surface area contributed by atoms with Crippen LogP contribution in [-0.2, 0) is 9.59 Å². The fraction of sp³-hybridized carbons (Fsp3) is 0.579. The van der Waals surface area contributed by atoms with E-state index in [1.807, 2.05) is 45.9 Å². The predicted molar refractivity (Wildman–Crippen MR) is 95.7 cm³/mol. The summed E-state index contributed by atoms with van der Waals surface area (Å²) in [5.74, 6) is 1.34. The summed E-state index contributed by atoms with van der Waals surface area (Å²) in [5, 5.41) is 5.83. The first kappa shape index (κ1) is 19.1. The van der Waals surface area contributed by atoms with Crippen molar-refractivity contribution in [2.75, 3.05) is 19.8 Å². The van der Waals surface area contributed by atoms with E-state index in [0.717, 1.165) is 5.56 Å². The highest BCUT2D eigenvalue weighted by Crippen LogP contribution is 2.32. The zero-order chi connectivity index (χ0) is 18.4. The van der Waals surface area contributed by atoms with Crippen molar-refractivity contribution in [1.29, 1.82) is 0 Å². The number of hydrogen-bond donors (Lipinski definition) is 2. The number of hydrogen-bond acceptors (Lipinski definition) is 4. The molecule has 1 aliphatic rings. The Kier molecular flexibility index (Phi) is 6.28. The van der Waals surface area contributed by atoms with Crippen LogP contribution in [0.2, 0.25) is 0 Å². The normalized spacial score (nSPS) is 21.2. The summed E-state index contributed by atoms with van der Waals surface area (Å²) < 4.78 is 11.2. The summed E-state index contributed by atoms with van der Waals surface area (Å²) in [6.07, 6.45) is 0.945. The van der Waals surface area contributed by atoms with Crippen molar-refractivity contribution in [2.24, 2.45) is 5.41 Å². The van der Waals surface area contributed by atoms with Gasteiger partial charge in [-0.05, 0) is 51.8 Å². The summed E-state index contributed by atoms with van der Waals surface area (Å²) in [6, 6.07) is 5.54. The maximum atomic E-state index is 12.7. The molecule has 0 aliphatic carbocycles. The molecule has 0 radical (unpaired) electrons. The summed E-state index contributed by atoms with van der Waals surface area (Å²) in [6.45, 7) is 9.16. The van der Waals surface area contributed by atoms with Crippen LogP contribution < -0.4 is 20.1 Å². The van der Waals surface area contributed by atoms with Gasteiger partial charge in [0.25, 0.3) is 0 Å². The second-order valence-electron chi connectivity index (χ2n) is 6.60. The zero-order valence-corrected chi connectivity index (χ0v) is 15.5. The fourth-order valence-electron chi connectivity index (χ4n) is 2.84. The van der Waals surface area contributed by atoms with Crippen molar-refractivity contribution in [3.8, 4) is 11.5 Å². The van der Waals surface area contributed by atoms with Crippen LogP contribution in [0.25, 0.3) is 0 Å².